The highest BCUT2D eigenvalue weighted by Crippen LogP contribution is 2.28. The van der Waals surface area contributed by atoms with Crippen molar-refractivity contribution in [2.45, 2.75) is 44.8 Å². The maximum Gasteiger partial charge on any atom is 0.191 e. The summed E-state index contributed by atoms with van der Waals surface area (Å²) in [5.41, 5.74) is 0. The summed E-state index contributed by atoms with van der Waals surface area (Å²) in [6.45, 7) is 8.08. The summed E-state index contributed by atoms with van der Waals surface area (Å²) in [5.74, 6) is 1.79. The molecule has 3 aliphatic rings. The van der Waals surface area contributed by atoms with Gasteiger partial charge in [0.25, 0.3) is 0 Å². The zero-order valence-corrected chi connectivity index (χ0v) is 12.6. The molecule has 114 valence electrons. The van der Waals surface area contributed by atoms with E-state index < -0.39 is 0 Å². The Hall–Kier alpha value is -0.810. The highest BCUT2D eigenvalue weighted by Gasteiger charge is 2.32. The summed E-state index contributed by atoms with van der Waals surface area (Å²) in [6.07, 6.45) is 5.65. The van der Waals surface area contributed by atoms with Gasteiger partial charge in [0.2, 0.25) is 0 Å². The minimum absolute atomic E-state index is 0.300. The van der Waals surface area contributed by atoms with Crippen molar-refractivity contribution in [3.8, 4) is 0 Å². The molecule has 3 rings (SSSR count). The van der Waals surface area contributed by atoms with E-state index in [2.05, 4.69) is 27.4 Å². The molecule has 0 radical (unpaired) electrons. The third kappa shape index (κ3) is 3.85. The smallest absolute Gasteiger partial charge is 0.191 e. The van der Waals surface area contributed by atoms with Crippen molar-refractivity contribution in [3.63, 3.8) is 0 Å². The summed E-state index contributed by atoms with van der Waals surface area (Å²) < 4.78 is 5.97. The fourth-order valence-electron chi connectivity index (χ4n) is 3.08. The van der Waals surface area contributed by atoms with Crippen LogP contribution in [-0.2, 0) is 4.74 Å². The van der Waals surface area contributed by atoms with E-state index in [1.807, 2.05) is 0 Å². The molecule has 0 aromatic carbocycles. The van der Waals surface area contributed by atoms with E-state index in [4.69, 9.17) is 4.74 Å². The second-order valence-electron chi connectivity index (χ2n) is 6.29. The number of fused-ring (bicyclic) bond motifs is 1. The van der Waals surface area contributed by atoms with Gasteiger partial charge in [0.1, 0.15) is 0 Å². The van der Waals surface area contributed by atoms with Gasteiger partial charge in [0.15, 0.2) is 5.96 Å². The van der Waals surface area contributed by atoms with Crippen molar-refractivity contribution in [1.82, 2.24) is 15.5 Å². The topological polar surface area (TPSA) is 48.9 Å². The van der Waals surface area contributed by atoms with Crippen LogP contribution in [0.3, 0.4) is 0 Å². The normalized spacial score (nSPS) is 31.1. The molecule has 20 heavy (non-hydrogen) atoms. The summed E-state index contributed by atoms with van der Waals surface area (Å²) in [4.78, 5) is 7.24. The molecule has 2 heterocycles. The van der Waals surface area contributed by atoms with Gasteiger partial charge in [-0.2, -0.15) is 0 Å². The van der Waals surface area contributed by atoms with Crippen molar-refractivity contribution in [2.75, 3.05) is 39.3 Å². The first-order chi connectivity index (χ1) is 9.85. The summed E-state index contributed by atoms with van der Waals surface area (Å²) in [7, 11) is 0. The van der Waals surface area contributed by atoms with Crippen LogP contribution >= 0.6 is 0 Å². The molecule has 0 bridgehead atoms. The van der Waals surface area contributed by atoms with Gasteiger partial charge < -0.3 is 15.4 Å². The molecule has 1 aliphatic carbocycles. The summed E-state index contributed by atoms with van der Waals surface area (Å²) in [6, 6.07) is 0.683. The standard InChI is InChI=1S/C15H28N4O/c1-2-16-15(17-8-12-5-6-12)18-9-14-10-19-7-3-4-13(19)11-20-14/h12-14H,2-11H2,1H3,(H2,16,17,18). The zero-order valence-electron chi connectivity index (χ0n) is 12.6. The van der Waals surface area contributed by atoms with E-state index in [1.54, 1.807) is 0 Å². The van der Waals surface area contributed by atoms with Crippen LogP contribution in [0, 0.1) is 5.92 Å². The van der Waals surface area contributed by atoms with Crippen molar-refractivity contribution in [1.29, 1.82) is 0 Å². The average molecular weight is 280 g/mol. The number of guanidine groups is 1. The molecule has 0 amide bonds. The molecule has 5 heteroatoms. The molecule has 5 nitrogen and oxygen atoms in total. The lowest BCUT2D eigenvalue weighted by atomic mass is 10.2. The molecule has 0 spiro atoms. The van der Waals surface area contributed by atoms with Crippen LogP contribution in [0.25, 0.3) is 0 Å². The molecule has 2 unspecified atom stereocenters. The highest BCUT2D eigenvalue weighted by molar-refractivity contribution is 5.79. The van der Waals surface area contributed by atoms with E-state index in [9.17, 15) is 0 Å². The fourth-order valence-corrected chi connectivity index (χ4v) is 3.08. The minimum Gasteiger partial charge on any atom is -0.373 e. The number of aliphatic imine (C=N–C) groups is 1. The number of hydrogen-bond donors (Lipinski definition) is 2. The maximum atomic E-state index is 5.97. The van der Waals surface area contributed by atoms with Gasteiger partial charge in [0.05, 0.1) is 12.7 Å². The monoisotopic (exact) mass is 280 g/mol. The Morgan fingerprint density at radius 1 is 1.30 bits per heavy atom. The Morgan fingerprint density at radius 2 is 2.20 bits per heavy atom. The Balaban J connectivity index is 1.43. The first kappa shape index (κ1) is 14.1. The highest BCUT2D eigenvalue weighted by atomic mass is 16.5. The molecule has 2 atom stereocenters. The molecule has 1 saturated carbocycles. The van der Waals surface area contributed by atoms with E-state index in [0.29, 0.717) is 12.1 Å². The van der Waals surface area contributed by atoms with Crippen LogP contribution in [0.15, 0.2) is 4.99 Å². The molecular weight excluding hydrogens is 252 g/mol. The third-order valence-electron chi connectivity index (χ3n) is 4.51. The van der Waals surface area contributed by atoms with E-state index >= 15 is 0 Å². The minimum atomic E-state index is 0.300. The predicted molar refractivity (Wildman–Crippen MR) is 81.0 cm³/mol. The lowest BCUT2D eigenvalue weighted by Crippen LogP contribution is -2.51. The van der Waals surface area contributed by atoms with Gasteiger partial charge in [-0.15, -0.1) is 0 Å². The number of ether oxygens (including phenoxy) is 1. The quantitative estimate of drug-likeness (QED) is 0.578. The lowest BCUT2D eigenvalue weighted by Gasteiger charge is -2.35. The lowest BCUT2D eigenvalue weighted by molar-refractivity contribution is -0.0453. The van der Waals surface area contributed by atoms with E-state index in [0.717, 1.165) is 44.7 Å². The van der Waals surface area contributed by atoms with Crippen LogP contribution in [0.5, 0.6) is 0 Å². The average Bonchev–Trinajstić information content (AvgIpc) is 3.17. The second kappa shape index (κ2) is 6.76. The Morgan fingerprint density at radius 3 is 3.00 bits per heavy atom. The molecule has 0 aromatic heterocycles. The van der Waals surface area contributed by atoms with Gasteiger partial charge in [-0.3, -0.25) is 9.89 Å². The largest absolute Gasteiger partial charge is 0.373 e. The zero-order chi connectivity index (χ0) is 13.8. The number of morpholine rings is 1. The Kier molecular flexibility index (Phi) is 4.78. The van der Waals surface area contributed by atoms with Gasteiger partial charge in [-0.1, -0.05) is 0 Å². The molecule has 3 fully saturated rings. The molecular formula is C15H28N4O. The molecule has 2 aliphatic heterocycles. The van der Waals surface area contributed by atoms with Crippen molar-refractivity contribution in [3.05, 3.63) is 0 Å². The van der Waals surface area contributed by atoms with E-state index in [1.165, 1.54) is 32.2 Å². The van der Waals surface area contributed by atoms with Crippen LogP contribution in [-0.4, -0.2) is 62.3 Å². The first-order valence-electron chi connectivity index (χ1n) is 8.23. The van der Waals surface area contributed by atoms with Crippen LogP contribution < -0.4 is 10.6 Å². The first-order valence-corrected chi connectivity index (χ1v) is 8.23. The van der Waals surface area contributed by atoms with Crippen molar-refractivity contribution >= 4 is 5.96 Å². The van der Waals surface area contributed by atoms with Crippen LogP contribution in [0.4, 0.5) is 0 Å². The third-order valence-corrected chi connectivity index (χ3v) is 4.51. The van der Waals surface area contributed by atoms with Crippen LogP contribution in [0.2, 0.25) is 0 Å². The maximum absolute atomic E-state index is 5.97. The second-order valence-corrected chi connectivity index (χ2v) is 6.29. The molecule has 2 saturated heterocycles. The number of rotatable bonds is 5. The van der Waals surface area contributed by atoms with Gasteiger partial charge in [-0.25, -0.2) is 0 Å². The molecule has 0 aromatic rings. The Bertz CT molecular complexity index is 343. The van der Waals surface area contributed by atoms with Gasteiger partial charge in [0, 0.05) is 32.2 Å². The van der Waals surface area contributed by atoms with Crippen LogP contribution in [0.1, 0.15) is 32.6 Å². The van der Waals surface area contributed by atoms with E-state index in [-0.39, 0.29) is 0 Å². The molecule has 2 N–H and O–H groups in total. The Labute approximate surface area is 122 Å². The SMILES string of the molecule is CCNC(=NCC1CC1)NCC1CN2CCCC2CO1. The van der Waals surface area contributed by atoms with Crippen molar-refractivity contribution < 1.29 is 4.74 Å². The number of nitrogens with zero attached hydrogens (tertiary/aromatic N) is 2. The number of nitrogens with one attached hydrogen (secondary N) is 2. The van der Waals surface area contributed by atoms with Gasteiger partial charge >= 0.3 is 0 Å². The summed E-state index contributed by atoms with van der Waals surface area (Å²) >= 11 is 0. The van der Waals surface area contributed by atoms with Gasteiger partial charge in [-0.05, 0) is 45.1 Å². The summed E-state index contributed by atoms with van der Waals surface area (Å²) in [5, 5.41) is 6.76. The van der Waals surface area contributed by atoms with Crippen molar-refractivity contribution in [2.24, 2.45) is 10.9 Å². The number of hydrogen-bond acceptors (Lipinski definition) is 3. The predicted octanol–water partition coefficient (Wildman–Crippen LogP) is 0.815. The fraction of sp³-hybridized carbons (Fsp3) is 0.933.